The number of rotatable bonds is 4. The van der Waals surface area contributed by atoms with Crippen LogP contribution in [0.15, 0.2) is 18.3 Å². The number of ether oxygens (including phenoxy) is 1. The van der Waals surface area contributed by atoms with Crippen LogP contribution in [0.4, 0.5) is 0 Å². The normalized spacial score (nSPS) is 16.4. The van der Waals surface area contributed by atoms with E-state index in [-0.39, 0.29) is 23.6 Å². The zero-order valence-electron chi connectivity index (χ0n) is 12.5. The maximum atomic E-state index is 12.4. The van der Waals surface area contributed by atoms with Gasteiger partial charge in [0.25, 0.3) is 11.8 Å². The highest BCUT2D eigenvalue weighted by Crippen LogP contribution is 2.09. The van der Waals surface area contributed by atoms with Gasteiger partial charge in [-0.2, -0.15) is 0 Å². The van der Waals surface area contributed by atoms with Gasteiger partial charge in [0.15, 0.2) is 0 Å². The first-order chi connectivity index (χ1) is 10.1. The van der Waals surface area contributed by atoms with Gasteiger partial charge < -0.3 is 15.0 Å². The maximum absolute atomic E-state index is 12.4. The SMILES string of the molecule is CCC(C)NC(=O)c1cc(C(=O)N2CCOCC2)ccn1. The lowest BCUT2D eigenvalue weighted by atomic mass is 10.1. The molecule has 1 atom stereocenters. The minimum Gasteiger partial charge on any atom is -0.378 e. The van der Waals surface area contributed by atoms with Crippen molar-refractivity contribution in [3.05, 3.63) is 29.6 Å². The molecule has 1 saturated heterocycles. The van der Waals surface area contributed by atoms with E-state index in [0.717, 1.165) is 6.42 Å². The molecular formula is C15H21N3O3. The van der Waals surface area contributed by atoms with Crippen molar-refractivity contribution in [1.29, 1.82) is 0 Å². The Morgan fingerprint density at radius 2 is 2.14 bits per heavy atom. The molecule has 1 aliphatic heterocycles. The minimum absolute atomic E-state index is 0.0814. The summed E-state index contributed by atoms with van der Waals surface area (Å²) >= 11 is 0. The Morgan fingerprint density at radius 3 is 2.81 bits per heavy atom. The summed E-state index contributed by atoms with van der Waals surface area (Å²) in [5.41, 5.74) is 0.760. The van der Waals surface area contributed by atoms with Crippen molar-refractivity contribution < 1.29 is 14.3 Å². The van der Waals surface area contributed by atoms with Crippen molar-refractivity contribution in [2.45, 2.75) is 26.3 Å². The standard InChI is InChI=1S/C15H21N3O3/c1-3-11(2)17-14(19)13-10-12(4-5-16-13)15(20)18-6-8-21-9-7-18/h4-5,10-11H,3,6-9H2,1-2H3,(H,17,19). The van der Waals surface area contributed by atoms with E-state index in [0.29, 0.717) is 31.9 Å². The molecule has 0 bridgehead atoms. The summed E-state index contributed by atoms with van der Waals surface area (Å²) in [4.78, 5) is 30.2. The molecule has 1 unspecified atom stereocenters. The number of pyridine rings is 1. The van der Waals surface area contributed by atoms with Crippen molar-refractivity contribution in [1.82, 2.24) is 15.2 Å². The van der Waals surface area contributed by atoms with Gasteiger partial charge in [-0.05, 0) is 25.5 Å². The topological polar surface area (TPSA) is 71.5 Å². The van der Waals surface area contributed by atoms with Gasteiger partial charge >= 0.3 is 0 Å². The highest BCUT2D eigenvalue weighted by atomic mass is 16.5. The van der Waals surface area contributed by atoms with Crippen LogP contribution in [0.3, 0.4) is 0 Å². The highest BCUT2D eigenvalue weighted by Gasteiger charge is 2.20. The molecule has 0 saturated carbocycles. The first-order valence-corrected chi connectivity index (χ1v) is 7.25. The predicted octanol–water partition coefficient (Wildman–Crippen LogP) is 1.08. The fourth-order valence-corrected chi connectivity index (χ4v) is 2.04. The van der Waals surface area contributed by atoms with Crippen molar-refractivity contribution in [2.24, 2.45) is 0 Å². The molecule has 1 N–H and O–H groups in total. The van der Waals surface area contributed by atoms with E-state index in [1.165, 1.54) is 6.20 Å². The number of nitrogens with one attached hydrogen (secondary N) is 1. The number of aromatic nitrogens is 1. The molecule has 0 aromatic carbocycles. The zero-order valence-corrected chi connectivity index (χ0v) is 12.5. The molecule has 21 heavy (non-hydrogen) atoms. The molecule has 2 rings (SSSR count). The number of hydrogen-bond donors (Lipinski definition) is 1. The molecule has 1 aliphatic rings. The number of amides is 2. The van der Waals surface area contributed by atoms with E-state index < -0.39 is 0 Å². The number of carbonyl (C=O) groups is 2. The molecule has 6 heteroatoms. The Balaban J connectivity index is 2.09. The van der Waals surface area contributed by atoms with Crippen molar-refractivity contribution in [2.75, 3.05) is 26.3 Å². The Labute approximate surface area is 124 Å². The molecule has 114 valence electrons. The van der Waals surface area contributed by atoms with Gasteiger partial charge in [-0.25, -0.2) is 0 Å². The summed E-state index contributed by atoms with van der Waals surface area (Å²) in [5.74, 6) is -0.334. The van der Waals surface area contributed by atoms with Gasteiger partial charge in [-0.1, -0.05) is 6.92 Å². The van der Waals surface area contributed by atoms with Crippen LogP contribution in [0.2, 0.25) is 0 Å². The molecule has 1 aromatic heterocycles. The Hall–Kier alpha value is -1.95. The molecular weight excluding hydrogens is 270 g/mol. The Bertz CT molecular complexity index is 513. The van der Waals surface area contributed by atoms with Gasteiger partial charge in [0.1, 0.15) is 5.69 Å². The Morgan fingerprint density at radius 1 is 1.43 bits per heavy atom. The zero-order chi connectivity index (χ0) is 15.2. The summed E-state index contributed by atoms with van der Waals surface area (Å²) in [6.45, 7) is 6.19. The molecule has 0 spiro atoms. The van der Waals surface area contributed by atoms with E-state index in [4.69, 9.17) is 4.74 Å². The van der Waals surface area contributed by atoms with Crippen LogP contribution in [0, 0.1) is 0 Å². The summed E-state index contributed by atoms with van der Waals surface area (Å²) in [6, 6.07) is 3.27. The largest absolute Gasteiger partial charge is 0.378 e. The second kappa shape index (κ2) is 7.17. The number of carbonyl (C=O) groups excluding carboxylic acids is 2. The van der Waals surface area contributed by atoms with E-state index >= 15 is 0 Å². The van der Waals surface area contributed by atoms with Crippen LogP contribution in [0.5, 0.6) is 0 Å². The van der Waals surface area contributed by atoms with Gasteiger partial charge in [0, 0.05) is 30.9 Å². The van der Waals surface area contributed by atoms with Gasteiger partial charge in [0.05, 0.1) is 13.2 Å². The quantitative estimate of drug-likeness (QED) is 0.901. The average Bonchev–Trinajstić information content (AvgIpc) is 2.55. The second-order valence-corrected chi connectivity index (χ2v) is 5.12. The van der Waals surface area contributed by atoms with Gasteiger partial charge in [-0.15, -0.1) is 0 Å². The Kier molecular flexibility index (Phi) is 5.27. The number of nitrogens with zero attached hydrogens (tertiary/aromatic N) is 2. The molecule has 6 nitrogen and oxygen atoms in total. The van der Waals surface area contributed by atoms with Crippen molar-refractivity contribution in [3.63, 3.8) is 0 Å². The minimum atomic E-state index is -0.249. The smallest absolute Gasteiger partial charge is 0.270 e. The van der Waals surface area contributed by atoms with Crippen LogP contribution in [-0.2, 0) is 4.74 Å². The predicted molar refractivity (Wildman–Crippen MR) is 78.2 cm³/mol. The summed E-state index contributed by atoms with van der Waals surface area (Å²) < 4.78 is 5.23. The third-order valence-electron chi connectivity index (χ3n) is 3.53. The summed E-state index contributed by atoms with van der Waals surface area (Å²) in [5, 5.41) is 2.85. The maximum Gasteiger partial charge on any atom is 0.270 e. The summed E-state index contributed by atoms with van der Waals surface area (Å²) in [7, 11) is 0. The van der Waals surface area contributed by atoms with Crippen LogP contribution in [-0.4, -0.2) is 54.0 Å². The molecule has 0 aliphatic carbocycles. The molecule has 1 aromatic rings. The van der Waals surface area contributed by atoms with E-state index in [2.05, 4.69) is 10.3 Å². The monoisotopic (exact) mass is 291 g/mol. The van der Waals surface area contributed by atoms with Gasteiger partial charge in [0.2, 0.25) is 0 Å². The second-order valence-electron chi connectivity index (χ2n) is 5.12. The first-order valence-electron chi connectivity index (χ1n) is 7.25. The lowest BCUT2D eigenvalue weighted by molar-refractivity contribution is 0.0303. The average molecular weight is 291 g/mol. The summed E-state index contributed by atoms with van der Waals surface area (Å²) in [6.07, 6.45) is 2.34. The number of hydrogen-bond acceptors (Lipinski definition) is 4. The highest BCUT2D eigenvalue weighted by molar-refractivity contribution is 5.98. The van der Waals surface area contributed by atoms with E-state index in [1.54, 1.807) is 17.0 Å². The van der Waals surface area contributed by atoms with Gasteiger partial charge in [-0.3, -0.25) is 14.6 Å². The van der Waals surface area contributed by atoms with E-state index in [9.17, 15) is 9.59 Å². The number of morpholine rings is 1. The fourth-order valence-electron chi connectivity index (χ4n) is 2.04. The van der Waals surface area contributed by atoms with Crippen LogP contribution < -0.4 is 5.32 Å². The fraction of sp³-hybridized carbons (Fsp3) is 0.533. The van der Waals surface area contributed by atoms with Crippen molar-refractivity contribution >= 4 is 11.8 Å². The molecule has 2 amide bonds. The third kappa shape index (κ3) is 4.01. The van der Waals surface area contributed by atoms with Crippen LogP contribution in [0.1, 0.15) is 41.1 Å². The third-order valence-corrected chi connectivity index (χ3v) is 3.53. The lowest BCUT2D eigenvalue weighted by Crippen LogP contribution is -2.40. The molecule has 0 radical (unpaired) electrons. The van der Waals surface area contributed by atoms with Crippen molar-refractivity contribution in [3.8, 4) is 0 Å². The first kappa shape index (κ1) is 15.4. The lowest BCUT2D eigenvalue weighted by Gasteiger charge is -2.26. The molecule has 1 fully saturated rings. The molecule has 2 heterocycles. The van der Waals surface area contributed by atoms with Crippen LogP contribution >= 0.6 is 0 Å². The van der Waals surface area contributed by atoms with Crippen LogP contribution in [0.25, 0.3) is 0 Å². The van der Waals surface area contributed by atoms with E-state index in [1.807, 2.05) is 13.8 Å².